The number of rotatable bonds is 3. The minimum absolute atomic E-state index is 0.00120. The summed E-state index contributed by atoms with van der Waals surface area (Å²) in [4.78, 5) is 0. The summed E-state index contributed by atoms with van der Waals surface area (Å²) >= 11 is 9.61. The molecular formula is C16H14BrClFN. The van der Waals surface area contributed by atoms with E-state index in [2.05, 4.69) is 27.3 Å². The number of hydrogen-bond acceptors (Lipinski definition) is 1. The van der Waals surface area contributed by atoms with Crippen LogP contribution in [0.1, 0.15) is 11.1 Å². The molecule has 0 radical (unpaired) electrons. The highest BCUT2D eigenvalue weighted by atomic mass is 79.9. The molecule has 104 valence electrons. The molecule has 1 aliphatic rings. The van der Waals surface area contributed by atoms with Gasteiger partial charge in [-0.05, 0) is 47.9 Å². The first-order valence-electron chi connectivity index (χ1n) is 6.50. The maximum absolute atomic E-state index is 13.5. The van der Waals surface area contributed by atoms with E-state index in [0.717, 1.165) is 34.6 Å². The molecule has 2 aromatic carbocycles. The van der Waals surface area contributed by atoms with Crippen LogP contribution in [0.15, 0.2) is 46.9 Å². The molecule has 0 bridgehead atoms. The highest BCUT2D eigenvalue weighted by Crippen LogP contribution is 2.35. The van der Waals surface area contributed by atoms with E-state index in [1.807, 2.05) is 18.2 Å². The van der Waals surface area contributed by atoms with Gasteiger partial charge in [-0.25, -0.2) is 4.39 Å². The monoisotopic (exact) mass is 353 g/mol. The van der Waals surface area contributed by atoms with Crippen molar-refractivity contribution in [1.29, 1.82) is 0 Å². The second-order valence-electron chi connectivity index (χ2n) is 5.31. The summed E-state index contributed by atoms with van der Waals surface area (Å²) in [6, 6.07) is 12.8. The summed E-state index contributed by atoms with van der Waals surface area (Å²) < 4.78 is 14.4. The number of halogens is 3. The third-order valence-corrected chi connectivity index (χ3v) is 4.91. The maximum Gasteiger partial charge on any atom is 0.123 e. The molecule has 0 unspecified atom stereocenters. The lowest BCUT2D eigenvalue weighted by Gasteiger charge is -2.43. The first-order valence-corrected chi connectivity index (χ1v) is 7.67. The first-order chi connectivity index (χ1) is 9.59. The Bertz CT molecular complexity index is 640. The predicted octanol–water partition coefficient (Wildman–Crippen LogP) is 4.33. The SMILES string of the molecule is Fc1ccc(Br)c(CC2(c3cccc(Cl)c3)CNC2)c1. The average molecular weight is 355 g/mol. The van der Waals surface area contributed by atoms with Gasteiger partial charge in [0.1, 0.15) is 5.82 Å². The average Bonchev–Trinajstić information content (AvgIpc) is 2.38. The Morgan fingerprint density at radius 2 is 2.00 bits per heavy atom. The smallest absolute Gasteiger partial charge is 0.123 e. The lowest BCUT2D eigenvalue weighted by Crippen LogP contribution is -2.58. The summed E-state index contributed by atoms with van der Waals surface area (Å²) in [6.07, 6.45) is 0.790. The quantitative estimate of drug-likeness (QED) is 0.865. The molecule has 1 saturated heterocycles. The first kappa shape index (κ1) is 14.1. The van der Waals surface area contributed by atoms with Gasteiger partial charge in [-0.1, -0.05) is 39.7 Å². The maximum atomic E-state index is 13.5. The molecule has 0 amide bonds. The molecular weight excluding hydrogens is 341 g/mol. The Hall–Kier alpha value is -0.900. The van der Waals surface area contributed by atoms with Crippen LogP contribution in [0.25, 0.3) is 0 Å². The molecule has 0 spiro atoms. The predicted molar refractivity (Wildman–Crippen MR) is 83.8 cm³/mol. The van der Waals surface area contributed by atoms with Gasteiger partial charge in [-0.2, -0.15) is 0 Å². The van der Waals surface area contributed by atoms with Crippen molar-refractivity contribution in [3.8, 4) is 0 Å². The fourth-order valence-corrected chi connectivity index (χ4v) is 3.30. The van der Waals surface area contributed by atoms with Gasteiger partial charge in [0.2, 0.25) is 0 Å². The van der Waals surface area contributed by atoms with Crippen molar-refractivity contribution in [2.45, 2.75) is 11.8 Å². The number of nitrogens with one attached hydrogen (secondary N) is 1. The Kier molecular flexibility index (Phi) is 3.85. The summed E-state index contributed by atoms with van der Waals surface area (Å²) in [5, 5.41) is 4.06. The third kappa shape index (κ3) is 2.62. The van der Waals surface area contributed by atoms with Crippen LogP contribution >= 0.6 is 27.5 Å². The van der Waals surface area contributed by atoms with Crippen LogP contribution in [0.2, 0.25) is 5.02 Å². The zero-order valence-corrected chi connectivity index (χ0v) is 13.1. The van der Waals surface area contributed by atoms with E-state index in [4.69, 9.17) is 11.6 Å². The highest BCUT2D eigenvalue weighted by molar-refractivity contribution is 9.10. The molecule has 0 saturated carbocycles. The van der Waals surface area contributed by atoms with E-state index >= 15 is 0 Å². The summed E-state index contributed by atoms with van der Waals surface area (Å²) in [6.45, 7) is 1.77. The number of benzene rings is 2. The van der Waals surface area contributed by atoms with E-state index in [9.17, 15) is 4.39 Å². The molecule has 0 atom stereocenters. The molecule has 0 aromatic heterocycles. The Balaban J connectivity index is 1.96. The Morgan fingerprint density at radius 1 is 1.20 bits per heavy atom. The molecule has 1 nitrogen and oxygen atoms in total. The highest BCUT2D eigenvalue weighted by Gasteiger charge is 2.39. The topological polar surface area (TPSA) is 12.0 Å². The van der Waals surface area contributed by atoms with Crippen molar-refractivity contribution in [2.24, 2.45) is 0 Å². The van der Waals surface area contributed by atoms with Crippen LogP contribution in [0.5, 0.6) is 0 Å². The largest absolute Gasteiger partial charge is 0.315 e. The molecule has 1 N–H and O–H groups in total. The zero-order valence-electron chi connectivity index (χ0n) is 10.8. The molecule has 0 aliphatic carbocycles. The lowest BCUT2D eigenvalue weighted by atomic mass is 9.71. The molecule has 1 fully saturated rings. The van der Waals surface area contributed by atoms with Gasteiger partial charge in [0, 0.05) is 28.0 Å². The summed E-state index contributed by atoms with van der Waals surface area (Å²) in [5.41, 5.74) is 2.20. The third-order valence-electron chi connectivity index (χ3n) is 3.90. The van der Waals surface area contributed by atoms with E-state index in [1.54, 1.807) is 12.1 Å². The van der Waals surface area contributed by atoms with Crippen molar-refractivity contribution in [3.05, 3.63) is 68.9 Å². The van der Waals surface area contributed by atoms with Gasteiger partial charge in [0.05, 0.1) is 0 Å². The molecule has 20 heavy (non-hydrogen) atoms. The molecule has 1 heterocycles. The van der Waals surface area contributed by atoms with Gasteiger partial charge in [0.25, 0.3) is 0 Å². The van der Waals surface area contributed by atoms with Crippen molar-refractivity contribution in [2.75, 3.05) is 13.1 Å². The van der Waals surface area contributed by atoms with E-state index in [0.29, 0.717) is 0 Å². The zero-order chi connectivity index (χ0) is 14.2. The molecule has 4 heteroatoms. The standard InChI is InChI=1S/C16H14BrClFN/c17-15-5-4-14(19)6-11(15)8-16(9-20-10-16)12-2-1-3-13(18)7-12/h1-7,20H,8-10H2. The Morgan fingerprint density at radius 3 is 2.65 bits per heavy atom. The molecule has 3 rings (SSSR count). The van der Waals surface area contributed by atoms with E-state index < -0.39 is 0 Å². The van der Waals surface area contributed by atoms with Crippen LogP contribution < -0.4 is 5.32 Å². The molecule has 1 aliphatic heterocycles. The van der Waals surface area contributed by atoms with Gasteiger partial charge < -0.3 is 5.32 Å². The second-order valence-corrected chi connectivity index (χ2v) is 6.60. The summed E-state index contributed by atoms with van der Waals surface area (Å²) in [5.74, 6) is -0.197. The van der Waals surface area contributed by atoms with Gasteiger partial charge >= 0.3 is 0 Å². The number of hydrogen-bond donors (Lipinski definition) is 1. The van der Waals surface area contributed by atoms with Crippen LogP contribution in [0, 0.1) is 5.82 Å². The van der Waals surface area contributed by atoms with E-state index in [1.165, 1.54) is 11.6 Å². The minimum atomic E-state index is -0.197. The van der Waals surface area contributed by atoms with Gasteiger partial charge in [0.15, 0.2) is 0 Å². The summed E-state index contributed by atoms with van der Waals surface area (Å²) in [7, 11) is 0. The van der Waals surface area contributed by atoms with Crippen molar-refractivity contribution in [1.82, 2.24) is 5.32 Å². The van der Waals surface area contributed by atoms with Crippen molar-refractivity contribution < 1.29 is 4.39 Å². The van der Waals surface area contributed by atoms with Crippen LogP contribution in [0.4, 0.5) is 4.39 Å². The van der Waals surface area contributed by atoms with E-state index in [-0.39, 0.29) is 11.2 Å². The van der Waals surface area contributed by atoms with Crippen LogP contribution in [0.3, 0.4) is 0 Å². The minimum Gasteiger partial charge on any atom is -0.315 e. The fraction of sp³-hybridized carbons (Fsp3) is 0.250. The van der Waals surface area contributed by atoms with Crippen molar-refractivity contribution >= 4 is 27.5 Å². The fourth-order valence-electron chi connectivity index (χ4n) is 2.72. The Labute approximate surface area is 131 Å². The van der Waals surface area contributed by atoms with Gasteiger partial charge in [-0.15, -0.1) is 0 Å². The van der Waals surface area contributed by atoms with Crippen LogP contribution in [-0.2, 0) is 11.8 Å². The second kappa shape index (κ2) is 5.47. The lowest BCUT2D eigenvalue weighted by molar-refractivity contribution is 0.274. The molecule has 2 aromatic rings. The normalized spacial score (nSPS) is 16.8. The van der Waals surface area contributed by atoms with Crippen LogP contribution in [-0.4, -0.2) is 13.1 Å². The van der Waals surface area contributed by atoms with Gasteiger partial charge in [-0.3, -0.25) is 0 Å². The van der Waals surface area contributed by atoms with Crippen molar-refractivity contribution in [3.63, 3.8) is 0 Å².